The van der Waals surface area contributed by atoms with Crippen molar-refractivity contribution in [3.8, 4) is 22.9 Å². The van der Waals surface area contributed by atoms with Crippen LogP contribution in [0, 0.1) is 29.0 Å². The maximum atomic E-state index is 15.1. The highest BCUT2D eigenvalue weighted by molar-refractivity contribution is 5.97. The Labute approximate surface area is 162 Å². The molecule has 1 fully saturated rings. The third kappa shape index (κ3) is 3.89. The number of halogens is 1. The molecule has 0 radical (unpaired) electrons. The van der Waals surface area contributed by atoms with Crippen LogP contribution >= 0.6 is 0 Å². The van der Waals surface area contributed by atoms with E-state index in [0.717, 1.165) is 25.7 Å². The first-order chi connectivity index (χ1) is 13.4. The Balaban J connectivity index is 1.88. The maximum absolute atomic E-state index is 15.1. The number of carbonyl (C=O) groups excluding carboxylic acids is 1. The predicted molar refractivity (Wildman–Crippen MR) is 100 cm³/mol. The van der Waals surface area contributed by atoms with Crippen molar-refractivity contribution >= 4 is 11.9 Å². The first-order valence-corrected chi connectivity index (χ1v) is 9.22. The summed E-state index contributed by atoms with van der Waals surface area (Å²) < 4.78 is 20.4. The van der Waals surface area contributed by atoms with E-state index in [0.29, 0.717) is 17.0 Å². The van der Waals surface area contributed by atoms with Gasteiger partial charge in [0.05, 0.1) is 23.1 Å². The molecule has 0 amide bonds. The molecule has 0 spiro atoms. The molecule has 0 bridgehead atoms. The number of benzene rings is 2. The monoisotopic (exact) mass is 381 g/mol. The third-order valence-corrected chi connectivity index (χ3v) is 5.12. The Morgan fingerprint density at radius 3 is 2.46 bits per heavy atom. The summed E-state index contributed by atoms with van der Waals surface area (Å²) in [5.74, 6) is -2.70. The molecule has 1 aliphatic rings. The van der Waals surface area contributed by atoms with Crippen LogP contribution in [0.1, 0.15) is 48.5 Å². The lowest BCUT2D eigenvalue weighted by atomic mass is 9.73. The molecule has 3 rings (SSSR count). The molecule has 6 heteroatoms. The van der Waals surface area contributed by atoms with E-state index in [-0.39, 0.29) is 22.8 Å². The fraction of sp³-hybridized carbons (Fsp3) is 0.318. The number of esters is 1. The van der Waals surface area contributed by atoms with Crippen LogP contribution in [0.2, 0.25) is 0 Å². The normalized spacial score (nSPS) is 18.0. The minimum Gasteiger partial charge on any atom is -0.478 e. The fourth-order valence-corrected chi connectivity index (χ4v) is 3.57. The van der Waals surface area contributed by atoms with Crippen molar-refractivity contribution in [3.63, 3.8) is 0 Å². The number of rotatable bonds is 6. The summed E-state index contributed by atoms with van der Waals surface area (Å²) in [6.07, 6.45) is 3.61. The van der Waals surface area contributed by atoms with Gasteiger partial charge in [-0.05, 0) is 48.6 Å². The van der Waals surface area contributed by atoms with Crippen LogP contribution in [0.15, 0.2) is 36.4 Å². The lowest BCUT2D eigenvalue weighted by Crippen LogP contribution is -2.33. The molecular formula is C22H20FNO4. The number of aromatic carboxylic acids is 1. The van der Waals surface area contributed by atoms with Crippen molar-refractivity contribution in [2.75, 3.05) is 0 Å². The number of carboxylic acids is 1. The average Bonchev–Trinajstić information content (AvgIpc) is 2.65. The largest absolute Gasteiger partial charge is 0.478 e. The second kappa shape index (κ2) is 8.22. The summed E-state index contributed by atoms with van der Waals surface area (Å²) in [5, 5.41) is 18.3. The first-order valence-electron chi connectivity index (χ1n) is 9.22. The highest BCUT2D eigenvalue weighted by Crippen LogP contribution is 2.39. The Morgan fingerprint density at radius 2 is 1.89 bits per heavy atom. The summed E-state index contributed by atoms with van der Waals surface area (Å²) in [5.41, 5.74) is 0.252. The van der Waals surface area contributed by atoms with Crippen molar-refractivity contribution in [1.29, 1.82) is 5.26 Å². The zero-order valence-corrected chi connectivity index (χ0v) is 15.4. The number of hydrogen-bond donors (Lipinski definition) is 1. The van der Waals surface area contributed by atoms with Crippen molar-refractivity contribution in [3.05, 3.63) is 53.3 Å². The minimum absolute atomic E-state index is 0.167. The van der Waals surface area contributed by atoms with E-state index in [9.17, 15) is 14.7 Å². The molecule has 0 saturated heterocycles. The summed E-state index contributed by atoms with van der Waals surface area (Å²) in [6, 6.07) is 10.2. The molecule has 2 aromatic carbocycles. The predicted octanol–water partition coefficient (Wildman–Crippen LogP) is 4.79. The standard InChI is InChI=1S/C22H20FNO4/c1-2-3-14-10-16(11-14)22(27)28-18-9-8-17(21(25)26)19(20(18)23)15-6-4-13(12-24)5-7-15/h4-9,14,16H,2-3,10-11H2,1H3,(H,25,26). The van der Waals surface area contributed by atoms with Gasteiger partial charge in [0.25, 0.3) is 0 Å². The van der Waals surface area contributed by atoms with Gasteiger partial charge in [-0.1, -0.05) is 31.9 Å². The Hall–Kier alpha value is -3.20. The van der Waals surface area contributed by atoms with Gasteiger partial charge in [-0.25, -0.2) is 9.18 Å². The van der Waals surface area contributed by atoms with Gasteiger partial charge in [-0.2, -0.15) is 5.26 Å². The highest BCUT2D eigenvalue weighted by Gasteiger charge is 2.35. The highest BCUT2D eigenvalue weighted by atomic mass is 19.1. The fourth-order valence-electron chi connectivity index (χ4n) is 3.57. The van der Waals surface area contributed by atoms with Crippen LogP contribution in [0.3, 0.4) is 0 Å². The second-order valence-corrected chi connectivity index (χ2v) is 7.04. The van der Waals surface area contributed by atoms with Gasteiger partial charge in [0, 0.05) is 5.56 Å². The zero-order valence-electron chi connectivity index (χ0n) is 15.4. The SMILES string of the molecule is CCCC1CC(C(=O)Oc2ccc(C(=O)O)c(-c3ccc(C#N)cc3)c2F)C1. The van der Waals surface area contributed by atoms with Gasteiger partial charge < -0.3 is 9.84 Å². The van der Waals surface area contributed by atoms with Gasteiger partial charge in [-0.3, -0.25) is 4.79 Å². The number of carboxylic acid groups (broad SMARTS) is 1. The Kier molecular flexibility index (Phi) is 5.74. The number of carbonyl (C=O) groups is 2. The van der Waals surface area contributed by atoms with E-state index in [1.54, 1.807) is 0 Å². The lowest BCUT2D eigenvalue weighted by Gasteiger charge is -2.33. The van der Waals surface area contributed by atoms with Crippen LogP contribution in [0.25, 0.3) is 11.1 Å². The summed E-state index contributed by atoms with van der Waals surface area (Å²) in [6.45, 7) is 2.09. The second-order valence-electron chi connectivity index (χ2n) is 7.04. The zero-order chi connectivity index (χ0) is 20.3. The van der Waals surface area contributed by atoms with Crippen molar-refractivity contribution < 1.29 is 23.8 Å². The third-order valence-electron chi connectivity index (χ3n) is 5.12. The summed E-state index contributed by atoms with van der Waals surface area (Å²) >= 11 is 0. The molecular weight excluding hydrogens is 361 g/mol. The number of nitrogens with zero attached hydrogens (tertiary/aromatic N) is 1. The van der Waals surface area contributed by atoms with Crippen LogP contribution in [-0.2, 0) is 4.79 Å². The van der Waals surface area contributed by atoms with Gasteiger partial charge in [0.1, 0.15) is 0 Å². The van der Waals surface area contributed by atoms with Gasteiger partial charge in [0.2, 0.25) is 0 Å². The van der Waals surface area contributed by atoms with Crippen LogP contribution < -0.4 is 4.74 Å². The molecule has 1 saturated carbocycles. The molecule has 144 valence electrons. The van der Waals surface area contributed by atoms with E-state index in [4.69, 9.17) is 10.00 Å². The lowest BCUT2D eigenvalue weighted by molar-refractivity contribution is -0.143. The van der Waals surface area contributed by atoms with Gasteiger partial charge >= 0.3 is 11.9 Å². The molecule has 0 unspecified atom stereocenters. The first kappa shape index (κ1) is 19.6. The van der Waals surface area contributed by atoms with E-state index in [1.807, 2.05) is 6.07 Å². The molecule has 0 atom stereocenters. The number of ether oxygens (including phenoxy) is 1. The molecule has 28 heavy (non-hydrogen) atoms. The summed E-state index contributed by atoms with van der Waals surface area (Å²) in [7, 11) is 0. The number of hydrogen-bond acceptors (Lipinski definition) is 4. The Bertz CT molecular complexity index is 940. The van der Waals surface area contributed by atoms with Gasteiger partial charge in [0.15, 0.2) is 11.6 Å². The topological polar surface area (TPSA) is 87.4 Å². The maximum Gasteiger partial charge on any atom is 0.336 e. The minimum atomic E-state index is -1.29. The van der Waals surface area contributed by atoms with Crippen molar-refractivity contribution in [2.45, 2.75) is 32.6 Å². The smallest absolute Gasteiger partial charge is 0.336 e. The number of nitriles is 1. The quantitative estimate of drug-likeness (QED) is 0.574. The molecule has 1 aliphatic carbocycles. The molecule has 5 nitrogen and oxygen atoms in total. The molecule has 1 N–H and O–H groups in total. The van der Waals surface area contributed by atoms with Crippen molar-refractivity contribution in [2.24, 2.45) is 11.8 Å². The van der Waals surface area contributed by atoms with Crippen molar-refractivity contribution in [1.82, 2.24) is 0 Å². The summed E-state index contributed by atoms with van der Waals surface area (Å²) in [4.78, 5) is 23.8. The van der Waals surface area contributed by atoms with E-state index >= 15 is 4.39 Å². The van der Waals surface area contributed by atoms with Crippen LogP contribution in [-0.4, -0.2) is 17.0 Å². The molecule has 2 aromatic rings. The van der Waals surface area contributed by atoms with E-state index in [1.165, 1.54) is 36.4 Å². The van der Waals surface area contributed by atoms with E-state index in [2.05, 4.69) is 6.92 Å². The van der Waals surface area contributed by atoms with Crippen LogP contribution in [0.4, 0.5) is 4.39 Å². The van der Waals surface area contributed by atoms with Gasteiger partial charge in [-0.15, -0.1) is 0 Å². The Morgan fingerprint density at radius 1 is 1.21 bits per heavy atom. The van der Waals surface area contributed by atoms with E-state index < -0.39 is 17.8 Å². The molecule has 0 heterocycles. The molecule has 0 aromatic heterocycles. The average molecular weight is 381 g/mol. The van der Waals surface area contributed by atoms with Crippen LogP contribution in [0.5, 0.6) is 5.75 Å². The molecule has 0 aliphatic heterocycles.